The lowest BCUT2D eigenvalue weighted by Crippen LogP contribution is -1.94. The van der Waals surface area contributed by atoms with Crippen LogP contribution >= 0.6 is 0 Å². The molecule has 0 aliphatic rings. The molecule has 0 spiro atoms. The second-order valence-corrected chi connectivity index (χ2v) is 11.7. The van der Waals surface area contributed by atoms with Crippen molar-refractivity contribution >= 4 is 43.4 Å². The van der Waals surface area contributed by atoms with Crippen LogP contribution in [0.2, 0.25) is 0 Å². The van der Waals surface area contributed by atoms with E-state index < -0.39 is 0 Å². The normalized spacial score (nSPS) is 11.6. The van der Waals surface area contributed by atoms with Crippen LogP contribution in [0, 0.1) is 0 Å². The molecule has 210 valence electrons. The van der Waals surface area contributed by atoms with Gasteiger partial charge in [-0.05, 0) is 80.9 Å². The minimum Gasteiger partial charge on any atom is -0.309 e. The molecule has 9 aromatic rings. The Hall–Kier alpha value is -5.99. The number of rotatable bonds is 4. The van der Waals surface area contributed by atoms with Crippen molar-refractivity contribution in [3.05, 3.63) is 170 Å². The van der Waals surface area contributed by atoms with Crippen molar-refractivity contribution < 1.29 is 0 Å². The van der Waals surface area contributed by atoms with Gasteiger partial charge in [0.1, 0.15) is 0 Å². The summed E-state index contributed by atoms with van der Waals surface area (Å²) in [5, 5.41) is 7.47. The van der Waals surface area contributed by atoms with Gasteiger partial charge in [-0.1, -0.05) is 121 Å². The molecule has 0 aliphatic heterocycles. The topological polar surface area (TPSA) is 17.8 Å². The number of pyridine rings is 1. The third-order valence-corrected chi connectivity index (χ3v) is 9.02. The van der Waals surface area contributed by atoms with Gasteiger partial charge in [0.05, 0.1) is 16.7 Å². The van der Waals surface area contributed by atoms with Crippen molar-refractivity contribution in [3.8, 4) is 39.2 Å². The van der Waals surface area contributed by atoms with E-state index in [0.717, 1.165) is 16.9 Å². The van der Waals surface area contributed by atoms with E-state index in [2.05, 4.69) is 161 Å². The van der Waals surface area contributed by atoms with Crippen molar-refractivity contribution in [2.24, 2.45) is 0 Å². The monoisotopic (exact) mass is 572 g/mol. The van der Waals surface area contributed by atoms with Crippen LogP contribution in [0.1, 0.15) is 0 Å². The predicted octanol–water partition coefficient (Wildman–Crippen LogP) is 11.5. The van der Waals surface area contributed by atoms with E-state index in [-0.39, 0.29) is 0 Å². The highest BCUT2D eigenvalue weighted by atomic mass is 15.0. The van der Waals surface area contributed by atoms with Gasteiger partial charge in [-0.25, -0.2) is 0 Å². The third-order valence-electron chi connectivity index (χ3n) is 9.02. The zero-order chi connectivity index (χ0) is 29.7. The van der Waals surface area contributed by atoms with Crippen molar-refractivity contribution in [3.63, 3.8) is 0 Å². The molecule has 7 aromatic carbocycles. The first kappa shape index (κ1) is 25.5. The van der Waals surface area contributed by atoms with E-state index in [4.69, 9.17) is 0 Å². The fourth-order valence-electron chi connectivity index (χ4n) is 6.78. The zero-order valence-corrected chi connectivity index (χ0v) is 24.6. The molecule has 0 N–H and O–H groups in total. The molecule has 0 saturated heterocycles. The standard InChI is InChI=1S/C43H28N2/c1-2-10-37(11-3-1)45-42-28-34(31-15-13-30(14-16-31)33-18-17-29-8-4-5-9-32(29)26-33)19-23-39(42)40-24-20-35-27-36(21-22-38(35)43(40)45)41-12-6-7-25-44-41/h1-28H. The second kappa shape index (κ2) is 10.3. The Kier molecular flexibility index (Phi) is 5.85. The number of hydrogen-bond donors (Lipinski definition) is 0. The first-order chi connectivity index (χ1) is 22.3. The number of hydrogen-bond acceptors (Lipinski definition) is 1. The molecule has 45 heavy (non-hydrogen) atoms. The summed E-state index contributed by atoms with van der Waals surface area (Å²) in [7, 11) is 0. The molecule has 0 fully saturated rings. The van der Waals surface area contributed by atoms with Crippen molar-refractivity contribution in [2.75, 3.05) is 0 Å². The number of benzene rings is 7. The SMILES string of the molecule is c1ccc(-n2c3cc(-c4ccc(-c5ccc6ccccc6c5)cc4)ccc3c3ccc4cc(-c5ccccn5)ccc4c32)cc1. The third kappa shape index (κ3) is 4.30. The van der Waals surface area contributed by atoms with Crippen molar-refractivity contribution in [1.29, 1.82) is 0 Å². The minimum absolute atomic E-state index is 0.986. The summed E-state index contributed by atoms with van der Waals surface area (Å²) in [6.07, 6.45) is 1.85. The molecule has 0 bridgehead atoms. The van der Waals surface area contributed by atoms with E-state index in [1.807, 2.05) is 18.3 Å². The highest BCUT2D eigenvalue weighted by molar-refractivity contribution is 6.19. The quantitative estimate of drug-likeness (QED) is 0.205. The average Bonchev–Trinajstić information content (AvgIpc) is 3.46. The summed E-state index contributed by atoms with van der Waals surface area (Å²) in [5.74, 6) is 0. The molecule has 2 heterocycles. The van der Waals surface area contributed by atoms with Crippen LogP contribution in [-0.2, 0) is 0 Å². The fourth-order valence-corrected chi connectivity index (χ4v) is 6.78. The van der Waals surface area contributed by atoms with Crippen LogP contribution in [-0.4, -0.2) is 9.55 Å². The van der Waals surface area contributed by atoms with Crippen LogP contribution in [0.3, 0.4) is 0 Å². The molecule has 2 nitrogen and oxygen atoms in total. The molecule has 0 amide bonds. The number of aromatic nitrogens is 2. The summed E-state index contributed by atoms with van der Waals surface area (Å²) in [5.41, 5.74) is 10.6. The van der Waals surface area contributed by atoms with Gasteiger partial charge in [-0.2, -0.15) is 0 Å². The van der Waals surface area contributed by atoms with E-state index in [0.29, 0.717) is 0 Å². The van der Waals surface area contributed by atoms with Crippen LogP contribution in [0.15, 0.2) is 170 Å². The van der Waals surface area contributed by atoms with E-state index in [9.17, 15) is 0 Å². The van der Waals surface area contributed by atoms with Crippen molar-refractivity contribution in [1.82, 2.24) is 9.55 Å². The summed E-state index contributed by atoms with van der Waals surface area (Å²) in [6.45, 7) is 0. The molecule has 9 rings (SSSR count). The van der Waals surface area contributed by atoms with Gasteiger partial charge in [0.15, 0.2) is 0 Å². The highest BCUT2D eigenvalue weighted by Crippen LogP contribution is 2.39. The number of nitrogens with zero attached hydrogens (tertiary/aromatic N) is 2. The lowest BCUT2D eigenvalue weighted by Gasteiger charge is -2.11. The second-order valence-electron chi connectivity index (χ2n) is 11.7. The largest absolute Gasteiger partial charge is 0.309 e. The van der Waals surface area contributed by atoms with Crippen LogP contribution in [0.25, 0.3) is 82.5 Å². The van der Waals surface area contributed by atoms with E-state index in [1.54, 1.807) is 0 Å². The van der Waals surface area contributed by atoms with Gasteiger partial charge in [0.25, 0.3) is 0 Å². The van der Waals surface area contributed by atoms with E-state index in [1.165, 1.54) is 65.6 Å². The first-order valence-corrected chi connectivity index (χ1v) is 15.4. The van der Waals surface area contributed by atoms with Crippen molar-refractivity contribution in [2.45, 2.75) is 0 Å². The average molecular weight is 573 g/mol. The lowest BCUT2D eigenvalue weighted by atomic mass is 9.97. The predicted molar refractivity (Wildman–Crippen MR) is 190 cm³/mol. The Bertz CT molecular complexity index is 2510. The minimum atomic E-state index is 0.986. The summed E-state index contributed by atoms with van der Waals surface area (Å²) < 4.78 is 2.43. The molecule has 0 unspecified atom stereocenters. The van der Waals surface area contributed by atoms with Gasteiger partial charge in [0.2, 0.25) is 0 Å². The smallest absolute Gasteiger partial charge is 0.0702 e. The molecular formula is C43H28N2. The molecule has 0 radical (unpaired) electrons. The van der Waals surface area contributed by atoms with Crippen LogP contribution in [0.5, 0.6) is 0 Å². The molecule has 2 heteroatoms. The summed E-state index contributed by atoms with van der Waals surface area (Å²) in [4.78, 5) is 4.59. The maximum absolute atomic E-state index is 4.59. The maximum Gasteiger partial charge on any atom is 0.0702 e. The molecular weight excluding hydrogens is 544 g/mol. The maximum atomic E-state index is 4.59. The number of fused-ring (bicyclic) bond motifs is 6. The molecule has 0 atom stereocenters. The highest BCUT2D eigenvalue weighted by Gasteiger charge is 2.16. The molecule has 0 aliphatic carbocycles. The first-order valence-electron chi connectivity index (χ1n) is 15.4. The van der Waals surface area contributed by atoms with Crippen LogP contribution < -0.4 is 0 Å². The van der Waals surface area contributed by atoms with Gasteiger partial charge >= 0.3 is 0 Å². The van der Waals surface area contributed by atoms with Crippen LogP contribution in [0.4, 0.5) is 0 Å². The number of para-hydroxylation sites is 1. The lowest BCUT2D eigenvalue weighted by molar-refractivity contribution is 1.19. The Labute approximate surface area is 261 Å². The van der Waals surface area contributed by atoms with Gasteiger partial charge in [-0.15, -0.1) is 0 Å². The Morgan fingerprint density at radius 2 is 0.978 bits per heavy atom. The summed E-state index contributed by atoms with van der Waals surface area (Å²) >= 11 is 0. The molecule has 0 saturated carbocycles. The Morgan fingerprint density at radius 1 is 0.378 bits per heavy atom. The molecule has 2 aromatic heterocycles. The summed E-state index contributed by atoms with van der Waals surface area (Å²) in [6, 6.07) is 59.1. The Balaban J connectivity index is 1.20. The van der Waals surface area contributed by atoms with E-state index >= 15 is 0 Å². The van der Waals surface area contributed by atoms with Gasteiger partial charge < -0.3 is 4.57 Å². The fraction of sp³-hybridized carbons (Fsp3) is 0. The van der Waals surface area contributed by atoms with Gasteiger partial charge in [-0.3, -0.25) is 4.98 Å². The Morgan fingerprint density at radius 3 is 1.78 bits per heavy atom. The zero-order valence-electron chi connectivity index (χ0n) is 24.6. The van der Waals surface area contributed by atoms with Gasteiger partial charge in [0, 0.05) is 33.6 Å².